The normalized spacial score (nSPS) is 12.4. The first-order chi connectivity index (χ1) is 8.59. The number of pyridine rings is 1. The highest BCUT2D eigenvalue weighted by molar-refractivity contribution is 5.22. The minimum atomic E-state index is -1.32. The molecular formula is C13H10F3NO. The molecule has 94 valence electrons. The molecule has 0 spiro atoms. The van der Waals surface area contributed by atoms with Gasteiger partial charge in [0, 0.05) is 12.6 Å². The molecule has 1 atom stereocenters. The molecule has 2 nitrogen and oxygen atoms in total. The average Bonchev–Trinajstić information content (AvgIpc) is 2.35. The lowest BCUT2D eigenvalue weighted by Crippen LogP contribution is -2.08. The van der Waals surface area contributed by atoms with Crippen LogP contribution in [0.5, 0.6) is 0 Å². The maximum atomic E-state index is 13.4. The zero-order valence-corrected chi connectivity index (χ0v) is 9.28. The third-order valence-electron chi connectivity index (χ3n) is 2.55. The number of halogens is 3. The molecule has 0 fully saturated rings. The minimum Gasteiger partial charge on any atom is -0.386 e. The summed E-state index contributed by atoms with van der Waals surface area (Å²) in [5.41, 5.74) is -0.200. The van der Waals surface area contributed by atoms with Gasteiger partial charge in [0.15, 0.2) is 11.6 Å². The predicted octanol–water partition coefficient (Wildman–Crippen LogP) is 2.78. The van der Waals surface area contributed by atoms with E-state index in [1.807, 2.05) is 0 Å². The number of hydrogen-bond donors (Lipinski definition) is 1. The molecular weight excluding hydrogens is 243 g/mol. The monoisotopic (exact) mass is 253 g/mol. The van der Waals surface area contributed by atoms with Crippen LogP contribution in [0.15, 0.2) is 36.5 Å². The summed E-state index contributed by atoms with van der Waals surface area (Å²) >= 11 is 0. The summed E-state index contributed by atoms with van der Waals surface area (Å²) in [6.07, 6.45) is -0.233. The van der Waals surface area contributed by atoms with Crippen molar-refractivity contribution in [3.63, 3.8) is 0 Å². The molecule has 2 rings (SSSR count). The van der Waals surface area contributed by atoms with Crippen LogP contribution in [0.3, 0.4) is 0 Å². The van der Waals surface area contributed by atoms with Crippen LogP contribution in [0.2, 0.25) is 0 Å². The first-order valence-corrected chi connectivity index (χ1v) is 5.31. The molecule has 1 unspecified atom stereocenters. The van der Waals surface area contributed by atoms with Gasteiger partial charge in [-0.1, -0.05) is 12.1 Å². The van der Waals surface area contributed by atoms with E-state index in [4.69, 9.17) is 0 Å². The maximum Gasteiger partial charge on any atom is 0.162 e. The van der Waals surface area contributed by atoms with Crippen LogP contribution in [0.25, 0.3) is 0 Å². The van der Waals surface area contributed by atoms with Crippen molar-refractivity contribution >= 4 is 0 Å². The van der Waals surface area contributed by atoms with E-state index in [2.05, 4.69) is 4.98 Å². The summed E-state index contributed by atoms with van der Waals surface area (Å²) in [5, 5.41) is 9.78. The third-order valence-corrected chi connectivity index (χ3v) is 2.55. The SMILES string of the molecule is OC(Cc1cccc(F)c1F)c1ncccc1F. The lowest BCUT2D eigenvalue weighted by Gasteiger charge is -2.11. The van der Waals surface area contributed by atoms with Crippen molar-refractivity contribution in [2.45, 2.75) is 12.5 Å². The molecule has 0 saturated carbocycles. The van der Waals surface area contributed by atoms with E-state index in [1.165, 1.54) is 24.4 Å². The first-order valence-electron chi connectivity index (χ1n) is 5.31. The molecule has 0 aliphatic rings. The van der Waals surface area contributed by atoms with Gasteiger partial charge in [-0.25, -0.2) is 13.2 Å². The second kappa shape index (κ2) is 5.18. The molecule has 5 heteroatoms. The van der Waals surface area contributed by atoms with Crippen molar-refractivity contribution in [1.82, 2.24) is 4.98 Å². The second-order valence-corrected chi connectivity index (χ2v) is 3.80. The van der Waals surface area contributed by atoms with Crippen LogP contribution in [0.1, 0.15) is 17.4 Å². The Labute approximate surface area is 102 Å². The summed E-state index contributed by atoms with van der Waals surface area (Å²) in [5.74, 6) is -2.71. The standard InChI is InChI=1S/C13H10F3NO/c14-9-4-1-3-8(12(9)16)7-11(18)13-10(15)5-2-6-17-13/h1-6,11,18H,7H2. The molecule has 1 aromatic carbocycles. The zero-order valence-electron chi connectivity index (χ0n) is 9.28. The Bertz CT molecular complexity index is 560. The highest BCUT2D eigenvalue weighted by Crippen LogP contribution is 2.21. The van der Waals surface area contributed by atoms with E-state index in [0.717, 1.165) is 12.1 Å². The predicted molar refractivity (Wildman–Crippen MR) is 59.2 cm³/mol. The Morgan fingerprint density at radius 1 is 1.06 bits per heavy atom. The van der Waals surface area contributed by atoms with Gasteiger partial charge in [0.2, 0.25) is 0 Å². The number of benzene rings is 1. The van der Waals surface area contributed by atoms with Crippen LogP contribution in [0.4, 0.5) is 13.2 Å². The molecule has 0 amide bonds. The van der Waals surface area contributed by atoms with Crippen LogP contribution in [0, 0.1) is 17.5 Å². The van der Waals surface area contributed by atoms with Gasteiger partial charge < -0.3 is 5.11 Å². The average molecular weight is 253 g/mol. The fourth-order valence-electron chi connectivity index (χ4n) is 1.65. The van der Waals surface area contributed by atoms with Gasteiger partial charge in [-0.3, -0.25) is 4.98 Å². The lowest BCUT2D eigenvalue weighted by atomic mass is 10.0. The Balaban J connectivity index is 2.24. The van der Waals surface area contributed by atoms with E-state index in [-0.39, 0.29) is 17.7 Å². The Morgan fingerprint density at radius 3 is 2.50 bits per heavy atom. The van der Waals surface area contributed by atoms with E-state index in [0.29, 0.717) is 0 Å². The van der Waals surface area contributed by atoms with Crippen molar-refractivity contribution in [2.75, 3.05) is 0 Å². The van der Waals surface area contributed by atoms with Gasteiger partial charge in [-0.15, -0.1) is 0 Å². The fourth-order valence-corrected chi connectivity index (χ4v) is 1.65. The molecule has 1 N–H and O–H groups in total. The fraction of sp³-hybridized carbons (Fsp3) is 0.154. The van der Waals surface area contributed by atoms with E-state index < -0.39 is 23.6 Å². The van der Waals surface area contributed by atoms with Crippen LogP contribution < -0.4 is 0 Å². The van der Waals surface area contributed by atoms with E-state index in [9.17, 15) is 18.3 Å². The molecule has 0 saturated heterocycles. The smallest absolute Gasteiger partial charge is 0.162 e. The molecule has 0 aliphatic carbocycles. The van der Waals surface area contributed by atoms with Crippen molar-refractivity contribution in [3.8, 4) is 0 Å². The largest absolute Gasteiger partial charge is 0.386 e. The molecule has 0 bridgehead atoms. The summed E-state index contributed by atoms with van der Waals surface area (Å²) in [6, 6.07) is 6.17. The van der Waals surface area contributed by atoms with Gasteiger partial charge in [0.05, 0.1) is 0 Å². The molecule has 2 aromatic rings. The van der Waals surface area contributed by atoms with Crippen LogP contribution >= 0.6 is 0 Å². The van der Waals surface area contributed by atoms with Gasteiger partial charge in [0.25, 0.3) is 0 Å². The van der Waals surface area contributed by atoms with Crippen molar-refractivity contribution in [1.29, 1.82) is 0 Å². The van der Waals surface area contributed by atoms with Gasteiger partial charge in [-0.05, 0) is 23.8 Å². The quantitative estimate of drug-likeness (QED) is 0.912. The zero-order chi connectivity index (χ0) is 13.1. The van der Waals surface area contributed by atoms with E-state index in [1.54, 1.807) is 0 Å². The Morgan fingerprint density at radius 2 is 1.78 bits per heavy atom. The topological polar surface area (TPSA) is 33.1 Å². The van der Waals surface area contributed by atoms with Crippen LogP contribution in [-0.2, 0) is 6.42 Å². The number of nitrogens with zero attached hydrogens (tertiary/aromatic N) is 1. The Kier molecular flexibility index (Phi) is 3.62. The maximum absolute atomic E-state index is 13.4. The van der Waals surface area contributed by atoms with Crippen molar-refractivity contribution < 1.29 is 18.3 Å². The van der Waals surface area contributed by atoms with Gasteiger partial charge in [-0.2, -0.15) is 0 Å². The molecule has 0 aliphatic heterocycles. The Hall–Kier alpha value is -1.88. The highest BCUT2D eigenvalue weighted by atomic mass is 19.2. The molecule has 0 radical (unpaired) electrons. The molecule has 1 aromatic heterocycles. The van der Waals surface area contributed by atoms with Gasteiger partial charge >= 0.3 is 0 Å². The van der Waals surface area contributed by atoms with E-state index >= 15 is 0 Å². The summed E-state index contributed by atoms with van der Waals surface area (Å²) < 4.78 is 39.7. The summed E-state index contributed by atoms with van der Waals surface area (Å²) in [6.45, 7) is 0. The van der Waals surface area contributed by atoms with Crippen LogP contribution in [-0.4, -0.2) is 10.1 Å². The third kappa shape index (κ3) is 2.51. The highest BCUT2D eigenvalue weighted by Gasteiger charge is 2.17. The minimum absolute atomic E-state index is 0.0208. The molecule has 1 heterocycles. The number of aliphatic hydroxyl groups is 1. The number of aliphatic hydroxyl groups excluding tert-OH is 1. The molecule has 18 heavy (non-hydrogen) atoms. The second-order valence-electron chi connectivity index (χ2n) is 3.80. The summed E-state index contributed by atoms with van der Waals surface area (Å²) in [4.78, 5) is 3.69. The van der Waals surface area contributed by atoms with Crippen molar-refractivity contribution in [2.24, 2.45) is 0 Å². The number of aromatic nitrogens is 1. The van der Waals surface area contributed by atoms with Gasteiger partial charge in [0.1, 0.15) is 17.6 Å². The lowest BCUT2D eigenvalue weighted by molar-refractivity contribution is 0.166. The summed E-state index contributed by atoms with van der Waals surface area (Å²) in [7, 11) is 0. The first kappa shape index (κ1) is 12.6. The van der Waals surface area contributed by atoms with Crippen molar-refractivity contribution in [3.05, 3.63) is 65.2 Å². The number of rotatable bonds is 3. The number of hydrogen-bond acceptors (Lipinski definition) is 2.